The third kappa shape index (κ3) is 8.00. The van der Waals surface area contributed by atoms with Gasteiger partial charge in [0.25, 0.3) is 0 Å². The summed E-state index contributed by atoms with van der Waals surface area (Å²) in [7, 11) is 0. The van der Waals surface area contributed by atoms with Gasteiger partial charge in [-0.3, -0.25) is 0 Å². The summed E-state index contributed by atoms with van der Waals surface area (Å²) in [4.78, 5) is 24.1. The van der Waals surface area contributed by atoms with E-state index >= 15 is 0 Å². The van der Waals surface area contributed by atoms with E-state index in [4.69, 9.17) is 10.2 Å². The summed E-state index contributed by atoms with van der Waals surface area (Å²) in [6.45, 7) is 0. The molecule has 0 aliphatic carbocycles. The standard InChI is InChI=1S/C40H31NO4/c42-39(43)38(40(44)45)17-11-3-1-2-6-12-30-18-24-35(25-19-30)41(36-26-20-33(21-27-36)31-13-7-4-8-14-31)37-28-22-34(23-29-37)32-15-9-5-10-16-32/h1-29H,(H,42,43)(H,44,45)/b2-1+,11-3+,12-6+. The van der Waals surface area contributed by atoms with Gasteiger partial charge in [-0.05, 0) is 70.3 Å². The fourth-order valence-corrected chi connectivity index (χ4v) is 4.79. The van der Waals surface area contributed by atoms with Gasteiger partial charge in [-0.1, -0.05) is 134 Å². The Kier molecular flexibility index (Phi) is 9.96. The minimum atomic E-state index is -1.48. The highest BCUT2D eigenvalue weighted by atomic mass is 16.4. The number of benzene rings is 5. The van der Waals surface area contributed by atoms with Gasteiger partial charge >= 0.3 is 11.9 Å². The van der Waals surface area contributed by atoms with Crippen LogP contribution in [0.2, 0.25) is 0 Å². The molecule has 5 rings (SSSR count). The van der Waals surface area contributed by atoms with Crippen molar-refractivity contribution in [2.45, 2.75) is 0 Å². The van der Waals surface area contributed by atoms with Crippen LogP contribution in [0.15, 0.2) is 175 Å². The summed E-state index contributed by atoms with van der Waals surface area (Å²) in [5.41, 5.74) is 8.07. The van der Waals surface area contributed by atoms with E-state index in [1.165, 1.54) is 17.2 Å². The zero-order valence-electron chi connectivity index (χ0n) is 24.4. The fourth-order valence-electron chi connectivity index (χ4n) is 4.79. The molecule has 0 saturated heterocycles. The first-order valence-corrected chi connectivity index (χ1v) is 14.4. The van der Waals surface area contributed by atoms with Crippen LogP contribution in [0.25, 0.3) is 28.3 Å². The molecule has 5 aromatic carbocycles. The second-order valence-corrected chi connectivity index (χ2v) is 10.1. The molecule has 0 heterocycles. The summed E-state index contributed by atoms with van der Waals surface area (Å²) in [6.07, 6.45) is 11.3. The Hall–Kier alpha value is -6.20. The highest BCUT2D eigenvalue weighted by molar-refractivity contribution is 6.12. The van der Waals surface area contributed by atoms with Crippen molar-refractivity contribution in [1.29, 1.82) is 0 Å². The normalized spacial score (nSPS) is 11.2. The Morgan fingerprint density at radius 1 is 0.444 bits per heavy atom. The number of carbonyl (C=O) groups is 2. The number of hydrogen-bond acceptors (Lipinski definition) is 3. The molecule has 5 heteroatoms. The van der Waals surface area contributed by atoms with Crippen molar-refractivity contribution in [3.63, 3.8) is 0 Å². The maximum Gasteiger partial charge on any atom is 0.343 e. The van der Waals surface area contributed by atoms with Crippen molar-refractivity contribution in [2.24, 2.45) is 0 Å². The first-order valence-electron chi connectivity index (χ1n) is 14.4. The van der Waals surface area contributed by atoms with E-state index in [1.807, 2.05) is 60.7 Å². The summed E-state index contributed by atoms with van der Waals surface area (Å²) in [6, 6.07) is 46.1. The van der Waals surface area contributed by atoms with E-state index in [-0.39, 0.29) is 0 Å². The Bertz CT molecular complexity index is 1750. The smallest absolute Gasteiger partial charge is 0.343 e. The molecule has 0 fully saturated rings. The van der Waals surface area contributed by atoms with Gasteiger partial charge in [0.05, 0.1) is 0 Å². The monoisotopic (exact) mass is 589 g/mol. The topological polar surface area (TPSA) is 77.8 Å². The van der Waals surface area contributed by atoms with Gasteiger partial charge in [0, 0.05) is 17.1 Å². The molecule has 0 saturated carbocycles. The number of anilines is 3. The lowest BCUT2D eigenvalue weighted by Crippen LogP contribution is -2.10. The Morgan fingerprint density at radius 3 is 1.27 bits per heavy atom. The fraction of sp³-hybridized carbons (Fsp3) is 0. The Balaban J connectivity index is 1.37. The molecule has 0 radical (unpaired) electrons. The van der Waals surface area contributed by atoms with Crippen molar-refractivity contribution >= 4 is 35.1 Å². The first kappa shape index (κ1) is 30.3. The lowest BCUT2D eigenvalue weighted by atomic mass is 10.0. The van der Waals surface area contributed by atoms with E-state index in [1.54, 1.807) is 18.2 Å². The van der Waals surface area contributed by atoms with Crippen LogP contribution in [0, 0.1) is 0 Å². The molecule has 0 spiro atoms. The van der Waals surface area contributed by atoms with Crippen LogP contribution in [0.5, 0.6) is 0 Å². The number of rotatable bonds is 11. The van der Waals surface area contributed by atoms with Crippen LogP contribution >= 0.6 is 0 Å². The molecule has 0 aliphatic rings. The summed E-state index contributed by atoms with van der Waals surface area (Å²) >= 11 is 0. The van der Waals surface area contributed by atoms with E-state index in [0.717, 1.165) is 39.8 Å². The number of nitrogens with zero attached hydrogens (tertiary/aromatic N) is 1. The Labute approximate surface area is 262 Å². The lowest BCUT2D eigenvalue weighted by Gasteiger charge is -2.26. The second kappa shape index (κ2) is 14.8. The molecular formula is C40H31NO4. The zero-order valence-corrected chi connectivity index (χ0v) is 24.4. The molecule has 0 aromatic heterocycles. The van der Waals surface area contributed by atoms with Crippen LogP contribution in [0.1, 0.15) is 5.56 Å². The highest BCUT2D eigenvalue weighted by Gasteiger charge is 2.14. The van der Waals surface area contributed by atoms with Gasteiger partial charge in [0.2, 0.25) is 0 Å². The van der Waals surface area contributed by atoms with Crippen molar-refractivity contribution < 1.29 is 19.8 Å². The van der Waals surface area contributed by atoms with E-state index in [9.17, 15) is 9.59 Å². The number of aliphatic carboxylic acids is 2. The Morgan fingerprint density at radius 2 is 0.822 bits per heavy atom. The third-order valence-electron chi connectivity index (χ3n) is 7.07. The average molecular weight is 590 g/mol. The van der Waals surface area contributed by atoms with E-state index < -0.39 is 17.5 Å². The maximum absolute atomic E-state index is 10.9. The van der Waals surface area contributed by atoms with Gasteiger partial charge in [0.15, 0.2) is 0 Å². The number of hydrogen-bond donors (Lipinski definition) is 2. The van der Waals surface area contributed by atoms with Crippen LogP contribution in [-0.2, 0) is 9.59 Å². The molecule has 0 amide bonds. The molecule has 5 nitrogen and oxygen atoms in total. The van der Waals surface area contributed by atoms with Gasteiger partial charge in [-0.15, -0.1) is 0 Å². The number of carboxylic acids is 2. The predicted octanol–water partition coefficient (Wildman–Crippen LogP) is 9.71. The molecule has 220 valence electrons. The first-order chi connectivity index (χ1) is 22.0. The zero-order chi connectivity index (χ0) is 31.4. The summed E-state index contributed by atoms with van der Waals surface area (Å²) in [5.74, 6) is -2.96. The number of allylic oxidation sites excluding steroid dienone is 6. The minimum absolute atomic E-state index is 0.691. The van der Waals surface area contributed by atoms with Gasteiger partial charge in [0.1, 0.15) is 5.57 Å². The molecule has 0 atom stereocenters. The summed E-state index contributed by atoms with van der Waals surface area (Å²) < 4.78 is 0. The van der Waals surface area contributed by atoms with Crippen LogP contribution in [0.4, 0.5) is 17.1 Å². The van der Waals surface area contributed by atoms with Gasteiger partial charge in [-0.25, -0.2) is 9.59 Å². The molecule has 0 aliphatic heterocycles. The van der Waals surface area contributed by atoms with E-state index in [0.29, 0.717) is 0 Å². The quantitative estimate of drug-likeness (QED) is 0.0694. The minimum Gasteiger partial charge on any atom is -0.477 e. The molecule has 0 bridgehead atoms. The van der Waals surface area contributed by atoms with Crippen LogP contribution in [0.3, 0.4) is 0 Å². The van der Waals surface area contributed by atoms with Crippen molar-refractivity contribution in [3.8, 4) is 22.3 Å². The molecule has 0 unspecified atom stereocenters. The average Bonchev–Trinajstić information content (AvgIpc) is 3.08. The third-order valence-corrected chi connectivity index (χ3v) is 7.07. The molecule has 5 aromatic rings. The van der Waals surface area contributed by atoms with E-state index in [2.05, 4.69) is 89.8 Å². The lowest BCUT2D eigenvalue weighted by molar-refractivity contribution is -0.140. The predicted molar refractivity (Wildman–Crippen MR) is 183 cm³/mol. The number of carboxylic acid groups (broad SMARTS) is 2. The second-order valence-electron chi connectivity index (χ2n) is 10.1. The van der Waals surface area contributed by atoms with Gasteiger partial charge < -0.3 is 15.1 Å². The summed E-state index contributed by atoms with van der Waals surface area (Å²) in [5, 5.41) is 17.8. The SMILES string of the molecule is O=C(O)C(=C/C=C/C=C/C=C/c1ccc(N(c2ccc(-c3ccccc3)cc2)c2ccc(-c3ccccc3)cc2)cc1)C(=O)O. The van der Waals surface area contributed by atoms with Crippen molar-refractivity contribution in [2.75, 3.05) is 4.90 Å². The van der Waals surface area contributed by atoms with Crippen molar-refractivity contribution in [3.05, 3.63) is 181 Å². The molecule has 45 heavy (non-hydrogen) atoms. The molecule has 2 N–H and O–H groups in total. The van der Waals surface area contributed by atoms with Crippen LogP contribution in [-0.4, -0.2) is 22.2 Å². The highest BCUT2D eigenvalue weighted by Crippen LogP contribution is 2.36. The van der Waals surface area contributed by atoms with Crippen molar-refractivity contribution in [1.82, 2.24) is 0 Å². The largest absolute Gasteiger partial charge is 0.477 e. The van der Waals surface area contributed by atoms with Crippen LogP contribution < -0.4 is 4.90 Å². The maximum atomic E-state index is 10.9. The van der Waals surface area contributed by atoms with Gasteiger partial charge in [-0.2, -0.15) is 0 Å². The molecular weight excluding hydrogens is 558 g/mol.